The fraction of sp³-hybridized carbons (Fsp3) is 0.667. The Morgan fingerprint density at radius 3 is 2.57 bits per heavy atom. The van der Waals surface area contributed by atoms with Crippen LogP contribution in [0, 0.1) is 0 Å². The molecule has 0 rings (SSSR count). The Hall–Kier alpha value is -0.380. The van der Waals surface area contributed by atoms with E-state index in [0.29, 0.717) is 0 Å². The van der Waals surface area contributed by atoms with Crippen LogP contribution in [0.25, 0.3) is 0 Å². The minimum atomic E-state index is -1.26. The molecule has 7 heavy (non-hydrogen) atoms. The second kappa shape index (κ2) is 3.80. The molecule has 0 aromatic rings. The summed E-state index contributed by atoms with van der Waals surface area (Å²) in [5.41, 5.74) is 0. The summed E-state index contributed by atoms with van der Waals surface area (Å²) in [5.74, 6) is 0. The van der Waals surface area contributed by atoms with Gasteiger partial charge < -0.3 is 0 Å². The quantitative estimate of drug-likeness (QED) is 0.389. The minimum absolute atomic E-state index is 1.26. The van der Waals surface area contributed by atoms with Gasteiger partial charge in [-0.2, -0.15) is 0 Å². The third kappa shape index (κ3) is 5.62. The van der Waals surface area contributed by atoms with Crippen molar-refractivity contribution in [3.8, 4) is 0 Å². The summed E-state index contributed by atoms with van der Waals surface area (Å²) in [6.07, 6.45) is 2.84. The van der Waals surface area contributed by atoms with Gasteiger partial charge in [0.25, 0.3) is 0 Å². The lowest BCUT2D eigenvalue weighted by Gasteiger charge is -1.83. The van der Waals surface area contributed by atoms with Gasteiger partial charge in [0.2, 0.25) is 11.1 Å². The molecule has 0 radical (unpaired) electrons. The molecule has 0 N–H and O–H groups in total. The van der Waals surface area contributed by atoms with E-state index in [1.165, 1.54) is 12.5 Å². The van der Waals surface area contributed by atoms with Crippen LogP contribution in [0.15, 0.2) is 5.16 Å². The fourth-order valence-electron chi connectivity index (χ4n) is 0.104. The van der Waals surface area contributed by atoms with E-state index in [4.69, 9.17) is 0 Å². The zero-order valence-electron chi connectivity index (χ0n) is 4.25. The molecule has 0 fully saturated rings. The van der Waals surface area contributed by atoms with Crippen molar-refractivity contribution in [1.82, 2.24) is 0 Å². The highest BCUT2D eigenvalue weighted by Crippen LogP contribution is 1.75. The van der Waals surface area contributed by atoms with Crippen LogP contribution in [0.3, 0.4) is 0 Å². The monoisotopic (exact) mass is 121 g/mol. The van der Waals surface area contributed by atoms with Gasteiger partial charge >= 0.3 is 0 Å². The highest BCUT2D eigenvalue weighted by atomic mass is 32.2. The molecule has 0 heterocycles. The van der Waals surface area contributed by atoms with Gasteiger partial charge in [0, 0.05) is 6.21 Å². The lowest BCUT2D eigenvalue weighted by atomic mass is 10.9. The first kappa shape index (κ1) is 6.62. The van der Waals surface area contributed by atoms with Gasteiger partial charge in [0.15, 0.2) is 0 Å². The van der Waals surface area contributed by atoms with Gasteiger partial charge in [0.1, 0.15) is 0 Å². The molecule has 1 atom stereocenters. The maximum atomic E-state index is 9.98. The van der Waals surface area contributed by atoms with Gasteiger partial charge in [-0.25, -0.2) is 4.21 Å². The van der Waals surface area contributed by atoms with Crippen LogP contribution >= 0.6 is 0 Å². The molecule has 0 saturated heterocycles. The zero-order chi connectivity index (χ0) is 5.70. The molecule has 3 nitrogen and oxygen atoms in total. The van der Waals surface area contributed by atoms with Crippen LogP contribution in [-0.4, -0.2) is 16.7 Å². The Bertz CT molecular complexity index is 90.9. The van der Waals surface area contributed by atoms with Crippen LogP contribution in [0.5, 0.6) is 0 Å². The van der Waals surface area contributed by atoms with Crippen molar-refractivity contribution in [1.29, 1.82) is 0 Å². The lowest BCUT2D eigenvalue weighted by Crippen LogP contribution is -1.84. The zero-order valence-corrected chi connectivity index (χ0v) is 5.07. The van der Waals surface area contributed by atoms with Gasteiger partial charge in [-0.05, 0) is 6.92 Å². The first-order valence-corrected chi connectivity index (χ1v) is 3.24. The maximum Gasteiger partial charge on any atom is 0.229 e. The van der Waals surface area contributed by atoms with E-state index >= 15 is 0 Å². The maximum absolute atomic E-state index is 9.98. The van der Waals surface area contributed by atoms with Crippen LogP contribution < -0.4 is 0 Å². The second-order valence-electron chi connectivity index (χ2n) is 0.840. The molecule has 0 bridgehead atoms. The number of hydrogen-bond acceptors (Lipinski definition) is 3. The predicted molar refractivity (Wildman–Crippen MR) is 29.3 cm³/mol. The van der Waals surface area contributed by atoms with Gasteiger partial charge in [-0.3, -0.25) is 4.28 Å². The van der Waals surface area contributed by atoms with Gasteiger partial charge in [-0.15, -0.1) is 0 Å². The fourth-order valence-corrected chi connectivity index (χ4v) is 0.311. The van der Waals surface area contributed by atoms with Crippen molar-refractivity contribution in [3.63, 3.8) is 0 Å². The first-order valence-electron chi connectivity index (χ1n) is 1.76. The Balaban J connectivity index is 3.14. The largest absolute Gasteiger partial charge is 0.293 e. The molecule has 0 aromatic carbocycles. The smallest absolute Gasteiger partial charge is 0.229 e. The molecule has 4 heteroatoms. The highest BCUT2D eigenvalue weighted by Gasteiger charge is 1.78. The van der Waals surface area contributed by atoms with Gasteiger partial charge in [-0.1, -0.05) is 5.16 Å². The topological polar surface area (TPSA) is 38.7 Å². The predicted octanol–water partition coefficient (Wildman–Crippen LogP) is 0.302. The van der Waals surface area contributed by atoms with E-state index in [2.05, 4.69) is 9.44 Å². The molecular weight excluding hydrogens is 114 g/mol. The van der Waals surface area contributed by atoms with E-state index in [0.717, 1.165) is 0 Å². The lowest BCUT2D eigenvalue weighted by molar-refractivity contribution is 0.379. The van der Waals surface area contributed by atoms with E-state index in [-0.39, 0.29) is 0 Å². The number of oxime groups is 1. The average molecular weight is 121 g/mol. The molecule has 0 aromatic heterocycles. The summed E-state index contributed by atoms with van der Waals surface area (Å²) < 4.78 is 14.2. The third-order valence-electron chi connectivity index (χ3n) is 0.253. The molecule has 0 amide bonds. The van der Waals surface area contributed by atoms with Crippen molar-refractivity contribution in [2.75, 3.05) is 6.26 Å². The van der Waals surface area contributed by atoms with E-state index < -0.39 is 11.1 Å². The molecule has 0 saturated carbocycles. The first-order chi connectivity index (χ1) is 3.27. The van der Waals surface area contributed by atoms with Gasteiger partial charge in [0.05, 0.1) is 6.26 Å². The third-order valence-corrected chi connectivity index (χ3v) is 0.549. The normalized spacial score (nSPS) is 14.6. The summed E-state index contributed by atoms with van der Waals surface area (Å²) in [6, 6.07) is 0. The highest BCUT2D eigenvalue weighted by molar-refractivity contribution is 7.79. The Morgan fingerprint density at radius 1 is 1.86 bits per heavy atom. The minimum Gasteiger partial charge on any atom is -0.293 e. The summed E-state index contributed by atoms with van der Waals surface area (Å²) in [7, 11) is 0. The van der Waals surface area contributed by atoms with Crippen molar-refractivity contribution in [2.24, 2.45) is 5.16 Å². The Kier molecular flexibility index (Phi) is 3.59. The van der Waals surface area contributed by atoms with E-state index in [1.807, 2.05) is 0 Å². The summed E-state index contributed by atoms with van der Waals surface area (Å²) in [4.78, 5) is 0. The van der Waals surface area contributed by atoms with E-state index in [9.17, 15) is 4.21 Å². The van der Waals surface area contributed by atoms with Crippen LogP contribution in [0.2, 0.25) is 0 Å². The van der Waals surface area contributed by atoms with Crippen molar-refractivity contribution < 1.29 is 8.49 Å². The SMILES string of the molecule is C/C=N/OS(C)=O. The Morgan fingerprint density at radius 2 is 2.43 bits per heavy atom. The molecule has 0 spiro atoms. The number of hydrogen-bond donors (Lipinski definition) is 0. The number of nitrogens with zero attached hydrogens (tertiary/aromatic N) is 1. The molecule has 42 valence electrons. The molecular formula is C3H7NO2S. The van der Waals surface area contributed by atoms with Crippen molar-refractivity contribution in [3.05, 3.63) is 0 Å². The Labute approximate surface area is 45.0 Å². The molecule has 1 unspecified atom stereocenters. The van der Waals surface area contributed by atoms with Crippen LogP contribution in [0.4, 0.5) is 0 Å². The van der Waals surface area contributed by atoms with E-state index in [1.54, 1.807) is 6.92 Å². The standard InChI is InChI=1S/C3H7NO2S/c1-3-4-6-7(2)5/h3H,1-2H3/b4-3+. The molecule has 0 aliphatic heterocycles. The number of rotatable bonds is 2. The summed E-state index contributed by atoms with van der Waals surface area (Å²) in [5, 5.41) is 3.25. The van der Waals surface area contributed by atoms with Crippen LogP contribution in [-0.2, 0) is 15.4 Å². The molecule has 0 aliphatic rings. The van der Waals surface area contributed by atoms with Crippen molar-refractivity contribution >= 4 is 17.3 Å². The summed E-state index contributed by atoms with van der Waals surface area (Å²) >= 11 is -1.26. The summed E-state index contributed by atoms with van der Waals surface area (Å²) in [6.45, 7) is 1.69. The van der Waals surface area contributed by atoms with Crippen molar-refractivity contribution in [2.45, 2.75) is 6.92 Å². The second-order valence-corrected chi connectivity index (χ2v) is 1.79. The average Bonchev–Trinajstić information content (AvgIpc) is 1.61. The van der Waals surface area contributed by atoms with Crippen LogP contribution in [0.1, 0.15) is 6.92 Å². The molecule has 0 aliphatic carbocycles.